The zero-order valence-corrected chi connectivity index (χ0v) is 5.89. The van der Waals surface area contributed by atoms with E-state index in [0.717, 1.165) is 11.5 Å². The molecule has 52 valence electrons. The predicted octanol–water partition coefficient (Wildman–Crippen LogP) is 0.0366. The largest absolute Gasteiger partial charge is 0.366 e. The summed E-state index contributed by atoms with van der Waals surface area (Å²) in [6.07, 6.45) is 0. The summed E-state index contributed by atoms with van der Waals surface area (Å²) in [6.45, 7) is 3.43. The van der Waals surface area contributed by atoms with E-state index in [9.17, 15) is 4.79 Å². The summed E-state index contributed by atoms with van der Waals surface area (Å²) in [5.41, 5.74) is 5.58. The van der Waals surface area contributed by atoms with Crippen LogP contribution in [0.15, 0.2) is 12.0 Å². The Hall–Kier alpha value is -1.23. The first kappa shape index (κ1) is 6.88. The first-order chi connectivity index (χ1) is 4.72. The molecule has 1 heterocycles. The van der Waals surface area contributed by atoms with E-state index in [1.165, 1.54) is 0 Å². The number of hydrogen-bond donors (Lipinski definition) is 1. The molecule has 0 saturated heterocycles. The van der Waals surface area contributed by atoms with Crippen molar-refractivity contribution in [2.45, 2.75) is 0 Å². The lowest BCUT2D eigenvalue weighted by Crippen LogP contribution is -2.12. The van der Waals surface area contributed by atoms with Crippen molar-refractivity contribution in [2.24, 2.45) is 5.73 Å². The Morgan fingerprint density at radius 2 is 2.50 bits per heavy atom. The number of nitrogens with zero attached hydrogens (tertiary/aromatic N) is 2. The van der Waals surface area contributed by atoms with Crippen LogP contribution in [0.5, 0.6) is 0 Å². The Balaban J connectivity index is 2.88. The summed E-state index contributed by atoms with van der Waals surface area (Å²) in [7, 11) is 0. The summed E-state index contributed by atoms with van der Waals surface area (Å²) in [4.78, 5) is 10.5. The topological polar surface area (TPSA) is 68.9 Å². The van der Waals surface area contributed by atoms with Gasteiger partial charge in [0.05, 0.1) is 5.57 Å². The van der Waals surface area contributed by atoms with E-state index in [2.05, 4.69) is 16.2 Å². The van der Waals surface area contributed by atoms with Crippen LogP contribution in [0, 0.1) is 0 Å². The highest BCUT2D eigenvalue weighted by molar-refractivity contribution is 7.03. The van der Waals surface area contributed by atoms with Crippen molar-refractivity contribution in [1.82, 2.24) is 9.59 Å². The van der Waals surface area contributed by atoms with Crippen LogP contribution in [0.3, 0.4) is 0 Å². The van der Waals surface area contributed by atoms with Crippen LogP contribution >= 0.6 is 11.5 Å². The van der Waals surface area contributed by atoms with Crippen molar-refractivity contribution in [2.75, 3.05) is 0 Å². The number of amides is 1. The SMILES string of the molecule is C=C(C(N)=O)c1csnn1. The monoisotopic (exact) mass is 155 g/mol. The first-order valence-electron chi connectivity index (χ1n) is 2.48. The van der Waals surface area contributed by atoms with Crippen molar-refractivity contribution in [1.29, 1.82) is 0 Å². The molecule has 1 aromatic rings. The molecule has 1 rings (SSSR count). The van der Waals surface area contributed by atoms with Crippen molar-refractivity contribution in [3.05, 3.63) is 17.7 Å². The summed E-state index contributed by atoms with van der Waals surface area (Å²) >= 11 is 1.16. The second kappa shape index (κ2) is 2.57. The minimum Gasteiger partial charge on any atom is -0.366 e. The van der Waals surface area contributed by atoms with Gasteiger partial charge in [-0.1, -0.05) is 11.1 Å². The molecule has 10 heavy (non-hydrogen) atoms. The van der Waals surface area contributed by atoms with E-state index in [0.29, 0.717) is 5.69 Å². The van der Waals surface area contributed by atoms with E-state index in [-0.39, 0.29) is 5.57 Å². The van der Waals surface area contributed by atoms with Crippen molar-refractivity contribution >= 4 is 23.0 Å². The van der Waals surface area contributed by atoms with Crippen molar-refractivity contribution in [3.8, 4) is 0 Å². The summed E-state index contributed by atoms with van der Waals surface area (Å²) < 4.78 is 3.55. The lowest BCUT2D eigenvalue weighted by molar-refractivity contribution is -0.112. The van der Waals surface area contributed by atoms with Gasteiger partial charge in [0, 0.05) is 5.38 Å². The number of carbonyl (C=O) groups excluding carboxylic acids is 1. The lowest BCUT2D eigenvalue weighted by atomic mass is 10.2. The van der Waals surface area contributed by atoms with Crippen molar-refractivity contribution < 1.29 is 4.79 Å². The molecule has 1 amide bonds. The molecule has 0 bridgehead atoms. The molecule has 0 aliphatic heterocycles. The fourth-order valence-corrected chi connectivity index (χ4v) is 0.894. The van der Waals surface area contributed by atoms with Crippen LogP contribution in [0.25, 0.3) is 5.57 Å². The predicted molar refractivity (Wildman–Crippen MR) is 38.1 cm³/mol. The highest BCUT2D eigenvalue weighted by Crippen LogP contribution is 2.08. The van der Waals surface area contributed by atoms with E-state index >= 15 is 0 Å². The third-order valence-corrected chi connectivity index (χ3v) is 1.47. The van der Waals surface area contributed by atoms with Gasteiger partial charge in [0.2, 0.25) is 5.91 Å². The normalized spacial score (nSPS) is 9.20. The minimum atomic E-state index is -0.562. The maximum Gasteiger partial charge on any atom is 0.250 e. The van der Waals surface area contributed by atoms with Gasteiger partial charge in [-0.15, -0.1) is 5.10 Å². The summed E-state index contributed by atoms with van der Waals surface area (Å²) in [6, 6.07) is 0. The van der Waals surface area contributed by atoms with Crippen LogP contribution in [-0.4, -0.2) is 15.5 Å². The van der Waals surface area contributed by atoms with Gasteiger partial charge in [0.25, 0.3) is 0 Å². The number of carbonyl (C=O) groups is 1. The van der Waals surface area contributed by atoms with E-state index in [4.69, 9.17) is 5.73 Å². The van der Waals surface area contributed by atoms with Crippen LogP contribution in [-0.2, 0) is 4.79 Å². The number of hydrogen-bond acceptors (Lipinski definition) is 4. The molecule has 0 fully saturated rings. The van der Waals surface area contributed by atoms with Gasteiger partial charge in [-0.25, -0.2) is 0 Å². The molecule has 0 spiro atoms. The van der Waals surface area contributed by atoms with E-state index in [1.54, 1.807) is 5.38 Å². The molecule has 0 atom stereocenters. The molecule has 4 nitrogen and oxygen atoms in total. The van der Waals surface area contributed by atoms with Gasteiger partial charge in [-0.3, -0.25) is 4.79 Å². The third kappa shape index (κ3) is 1.19. The quantitative estimate of drug-likeness (QED) is 0.613. The minimum absolute atomic E-state index is 0.203. The molecule has 5 heteroatoms. The van der Waals surface area contributed by atoms with Gasteiger partial charge in [-0.05, 0) is 11.5 Å². The fraction of sp³-hybridized carbons (Fsp3) is 0. The molecule has 0 unspecified atom stereocenters. The highest BCUT2D eigenvalue weighted by Gasteiger charge is 2.06. The number of rotatable bonds is 2. The van der Waals surface area contributed by atoms with Crippen molar-refractivity contribution in [3.63, 3.8) is 0 Å². The summed E-state index contributed by atoms with van der Waals surface area (Å²) in [5.74, 6) is -0.562. The van der Waals surface area contributed by atoms with Crippen LogP contribution in [0.4, 0.5) is 0 Å². The second-order valence-corrected chi connectivity index (χ2v) is 2.24. The lowest BCUT2D eigenvalue weighted by Gasteiger charge is -1.90. The number of nitrogens with two attached hydrogens (primary N) is 1. The maximum absolute atomic E-state index is 10.5. The zero-order valence-electron chi connectivity index (χ0n) is 5.07. The van der Waals surface area contributed by atoms with Gasteiger partial charge in [0.1, 0.15) is 5.69 Å². The second-order valence-electron chi connectivity index (χ2n) is 1.63. The van der Waals surface area contributed by atoms with E-state index < -0.39 is 5.91 Å². The fourth-order valence-electron chi connectivity index (χ4n) is 0.422. The van der Waals surface area contributed by atoms with Gasteiger partial charge >= 0.3 is 0 Å². The molecule has 1 aromatic heterocycles. The Bertz CT molecular complexity index is 254. The Labute approximate surface area is 61.5 Å². The highest BCUT2D eigenvalue weighted by atomic mass is 32.1. The molecule has 0 aromatic carbocycles. The smallest absolute Gasteiger partial charge is 0.250 e. The van der Waals surface area contributed by atoms with Gasteiger partial charge in [0.15, 0.2) is 0 Å². The Kier molecular flexibility index (Phi) is 1.77. The Morgan fingerprint density at radius 1 is 1.80 bits per heavy atom. The average molecular weight is 155 g/mol. The standard InChI is InChI=1S/C5H5N3OS/c1-3(5(6)9)4-2-10-8-7-4/h2H,1H2,(H2,6,9). The Morgan fingerprint density at radius 3 is 2.90 bits per heavy atom. The van der Waals surface area contributed by atoms with Gasteiger partial charge in [-0.2, -0.15) is 0 Å². The summed E-state index contributed by atoms with van der Waals surface area (Å²) in [5, 5.41) is 5.22. The molecule has 0 radical (unpaired) electrons. The third-order valence-electron chi connectivity index (χ3n) is 0.967. The molecular formula is C5H5N3OS. The number of primary amides is 1. The average Bonchev–Trinajstić information content (AvgIpc) is 2.36. The molecule has 2 N–H and O–H groups in total. The zero-order chi connectivity index (χ0) is 7.56. The van der Waals surface area contributed by atoms with E-state index in [1.807, 2.05) is 0 Å². The first-order valence-corrected chi connectivity index (χ1v) is 3.31. The number of aromatic nitrogens is 2. The van der Waals surface area contributed by atoms with Gasteiger partial charge < -0.3 is 5.73 Å². The molecule has 0 aliphatic carbocycles. The molecule has 0 saturated carbocycles. The van der Waals surface area contributed by atoms with Crippen LogP contribution in [0.1, 0.15) is 5.69 Å². The van der Waals surface area contributed by atoms with Crippen LogP contribution in [0.2, 0.25) is 0 Å². The molecular weight excluding hydrogens is 150 g/mol. The maximum atomic E-state index is 10.5. The molecule has 0 aliphatic rings. The van der Waals surface area contributed by atoms with Crippen LogP contribution < -0.4 is 5.73 Å².